The maximum atomic E-state index is 12.1. The molecule has 5 heteroatoms. The molecule has 1 aromatic carbocycles. The van der Waals surface area contributed by atoms with Crippen LogP contribution in [0.1, 0.15) is 10.4 Å². The third-order valence-corrected chi connectivity index (χ3v) is 2.89. The molecule has 0 spiro atoms. The van der Waals surface area contributed by atoms with E-state index in [1.165, 1.54) is 0 Å². The first-order chi connectivity index (χ1) is 7.68. The predicted octanol–water partition coefficient (Wildman–Crippen LogP) is 0.968. The molecule has 86 valence electrons. The summed E-state index contributed by atoms with van der Waals surface area (Å²) in [5.41, 5.74) is 6.75. The molecule has 1 aliphatic heterocycles. The molecule has 4 nitrogen and oxygen atoms in total. The highest BCUT2D eigenvalue weighted by molar-refractivity contribution is 6.31. The van der Waals surface area contributed by atoms with E-state index in [0.717, 1.165) is 13.1 Å². The summed E-state index contributed by atoms with van der Waals surface area (Å²) in [6.45, 7) is 3.08. The first-order valence-electron chi connectivity index (χ1n) is 5.23. The highest BCUT2D eigenvalue weighted by atomic mass is 35.5. The molecule has 1 fully saturated rings. The van der Waals surface area contributed by atoms with E-state index in [-0.39, 0.29) is 5.91 Å². The number of nitrogens with two attached hydrogens (primary N) is 1. The van der Waals surface area contributed by atoms with Crippen LogP contribution in [0.5, 0.6) is 0 Å². The van der Waals surface area contributed by atoms with Crippen molar-refractivity contribution in [3.63, 3.8) is 0 Å². The number of carbonyl (C=O) groups is 1. The summed E-state index contributed by atoms with van der Waals surface area (Å²) in [5, 5.41) is 3.73. The number of rotatable bonds is 1. The van der Waals surface area contributed by atoms with Gasteiger partial charge in [-0.1, -0.05) is 11.6 Å². The zero-order valence-electron chi connectivity index (χ0n) is 8.87. The molecule has 3 N–H and O–H groups in total. The summed E-state index contributed by atoms with van der Waals surface area (Å²) < 4.78 is 0. The van der Waals surface area contributed by atoms with Crippen molar-refractivity contribution in [1.82, 2.24) is 10.2 Å². The Balaban J connectivity index is 2.22. The summed E-state index contributed by atoms with van der Waals surface area (Å²) in [7, 11) is 0. The zero-order valence-corrected chi connectivity index (χ0v) is 9.63. The molecule has 1 amide bonds. The normalized spacial score (nSPS) is 16.2. The second-order valence-electron chi connectivity index (χ2n) is 3.77. The average molecular weight is 240 g/mol. The van der Waals surface area contributed by atoms with Gasteiger partial charge in [0.25, 0.3) is 5.91 Å². The SMILES string of the molecule is Nc1ccc(Cl)cc1C(=O)N1CCNCC1. The first kappa shape index (κ1) is 11.2. The summed E-state index contributed by atoms with van der Waals surface area (Å²) in [6, 6.07) is 4.98. The minimum Gasteiger partial charge on any atom is -0.398 e. The lowest BCUT2D eigenvalue weighted by atomic mass is 10.1. The third kappa shape index (κ3) is 2.28. The third-order valence-electron chi connectivity index (χ3n) is 2.65. The molecule has 1 saturated heterocycles. The van der Waals surface area contributed by atoms with E-state index in [1.54, 1.807) is 23.1 Å². The molecule has 1 aromatic rings. The Kier molecular flexibility index (Phi) is 3.31. The highest BCUT2D eigenvalue weighted by Crippen LogP contribution is 2.19. The van der Waals surface area contributed by atoms with Gasteiger partial charge >= 0.3 is 0 Å². The van der Waals surface area contributed by atoms with Crippen LogP contribution in [0.2, 0.25) is 5.02 Å². The van der Waals surface area contributed by atoms with E-state index in [4.69, 9.17) is 17.3 Å². The summed E-state index contributed by atoms with van der Waals surface area (Å²) >= 11 is 5.86. The summed E-state index contributed by atoms with van der Waals surface area (Å²) in [5.74, 6) is -0.0403. The van der Waals surface area contributed by atoms with Gasteiger partial charge in [-0.2, -0.15) is 0 Å². The number of nitrogens with zero attached hydrogens (tertiary/aromatic N) is 1. The number of nitrogens with one attached hydrogen (secondary N) is 1. The lowest BCUT2D eigenvalue weighted by molar-refractivity contribution is 0.0737. The number of nitrogen functional groups attached to an aromatic ring is 1. The molecule has 0 unspecified atom stereocenters. The molecule has 0 aromatic heterocycles. The molecule has 0 aliphatic carbocycles. The number of hydrogen-bond acceptors (Lipinski definition) is 3. The van der Waals surface area contributed by atoms with Crippen LogP contribution in [0.15, 0.2) is 18.2 Å². The molecule has 1 aliphatic rings. The van der Waals surface area contributed by atoms with Crippen LogP contribution in [-0.2, 0) is 0 Å². The average Bonchev–Trinajstić information content (AvgIpc) is 2.32. The predicted molar refractivity (Wildman–Crippen MR) is 64.6 cm³/mol. The number of carbonyl (C=O) groups excluding carboxylic acids is 1. The second kappa shape index (κ2) is 4.72. The molecular weight excluding hydrogens is 226 g/mol. The van der Waals surface area contributed by atoms with Crippen molar-refractivity contribution in [2.24, 2.45) is 0 Å². The quantitative estimate of drug-likeness (QED) is 0.718. The Morgan fingerprint density at radius 2 is 2.06 bits per heavy atom. The van der Waals surface area contributed by atoms with Gasteiger partial charge in [0.1, 0.15) is 0 Å². The fraction of sp³-hybridized carbons (Fsp3) is 0.364. The van der Waals surface area contributed by atoms with Gasteiger partial charge in [0.2, 0.25) is 0 Å². The standard InChI is InChI=1S/C11H14ClN3O/c12-8-1-2-10(13)9(7-8)11(16)15-5-3-14-4-6-15/h1-2,7,14H,3-6,13H2. The van der Waals surface area contributed by atoms with E-state index < -0.39 is 0 Å². The van der Waals surface area contributed by atoms with Crippen molar-refractivity contribution in [3.05, 3.63) is 28.8 Å². The Morgan fingerprint density at radius 1 is 1.38 bits per heavy atom. The lowest BCUT2D eigenvalue weighted by Gasteiger charge is -2.27. The van der Waals surface area contributed by atoms with Gasteiger partial charge in [0.05, 0.1) is 5.56 Å². The highest BCUT2D eigenvalue weighted by Gasteiger charge is 2.19. The van der Waals surface area contributed by atoms with Crippen LogP contribution in [0, 0.1) is 0 Å². The van der Waals surface area contributed by atoms with Gasteiger partial charge in [-0.25, -0.2) is 0 Å². The van der Waals surface area contributed by atoms with Crippen molar-refractivity contribution in [3.8, 4) is 0 Å². The number of hydrogen-bond donors (Lipinski definition) is 2. The summed E-state index contributed by atoms with van der Waals surface area (Å²) in [4.78, 5) is 13.9. The van der Waals surface area contributed by atoms with Gasteiger partial charge in [-0.3, -0.25) is 4.79 Å². The molecule has 16 heavy (non-hydrogen) atoms. The Bertz CT molecular complexity index is 402. The summed E-state index contributed by atoms with van der Waals surface area (Å²) in [6.07, 6.45) is 0. The smallest absolute Gasteiger partial charge is 0.256 e. The monoisotopic (exact) mass is 239 g/mol. The lowest BCUT2D eigenvalue weighted by Crippen LogP contribution is -2.46. The van der Waals surface area contributed by atoms with Crippen molar-refractivity contribution < 1.29 is 4.79 Å². The van der Waals surface area contributed by atoms with Gasteiger partial charge in [0, 0.05) is 36.9 Å². The molecule has 2 rings (SSSR count). The first-order valence-corrected chi connectivity index (χ1v) is 5.61. The van der Waals surface area contributed by atoms with Crippen LogP contribution in [0.4, 0.5) is 5.69 Å². The Labute approximate surface area is 99.4 Å². The van der Waals surface area contributed by atoms with E-state index in [9.17, 15) is 4.79 Å². The van der Waals surface area contributed by atoms with Crippen molar-refractivity contribution >= 4 is 23.2 Å². The number of piperazine rings is 1. The number of halogens is 1. The maximum Gasteiger partial charge on any atom is 0.256 e. The maximum absolute atomic E-state index is 12.1. The van der Waals surface area contributed by atoms with Gasteiger partial charge in [0.15, 0.2) is 0 Å². The fourth-order valence-corrected chi connectivity index (χ4v) is 1.92. The van der Waals surface area contributed by atoms with Gasteiger partial charge in [-0.15, -0.1) is 0 Å². The molecular formula is C11H14ClN3O. The fourth-order valence-electron chi connectivity index (χ4n) is 1.75. The van der Waals surface area contributed by atoms with Crippen LogP contribution in [0.25, 0.3) is 0 Å². The van der Waals surface area contributed by atoms with Crippen LogP contribution in [-0.4, -0.2) is 37.0 Å². The Morgan fingerprint density at radius 3 is 2.75 bits per heavy atom. The number of benzene rings is 1. The van der Waals surface area contributed by atoms with Crippen LogP contribution < -0.4 is 11.1 Å². The van der Waals surface area contributed by atoms with E-state index >= 15 is 0 Å². The topological polar surface area (TPSA) is 58.4 Å². The van der Waals surface area contributed by atoms with Gasteiger partial charge < -0.3 is 16.0 Å². The largest absolute Gasteiger partial charge is 0.398 e. The zero-order chi connectivity index (χ0) is 11.5. The molecule has 0 atom stereocenters. The minimum absolute atomic E-state index is 0.0403. The van der Waals surface area contributed by atoms with Crippen molar-refractivity contribution in [1.29, 1.82) is 0 Å². The van der Waals surface area contributed by atoms with Crippen molar-refractivity contribution in [2.45, 2.75) is 0 Å². The van der Waals surface area contributed by atoms with Crippen LogP contribution >= 0.6 is 11.6 Å². The molecule has 0 radical (unpaired) electrons. The van der Waals surface area contributed by atoms with E-state index in [1.807, 2.05) is 0 Å². The molecule has 0 bridgehead atoms. The Hall–Kier alpha value is -1.26. The molecule has 1 heterocycles. The van der Waals surface area contributed by atoms with Crippen molar-refractivity contribution in [2.75, 3.05) is 31.9 Å². The van der Waals surface area contributed by atoms with E-state index in [0.29, 0.717) is 29.4 Å². The van der Waals surface area contributed by atoms with Crippen LogP contribution in [0.3, 0.4) is 0 Å². The number of amides is 1. The minimum atomic E-state index is -0.0403. The van der Waals surface area contributed by atoms with E-state index in [2.05, 4.69) is 5.32 Å². The van der Waals surface area contributed by atoms with Gasteiger partial charge in [-0.05, 0) is 18.2 Å². The number of anilines is 1. The molecule has 0 saturated carbocycles. The second-order valence-corrected chi connectivity index (χ2v) is 4.21.